The number of aryl methyl sites for hydroxylation is 1. The van der Waals surface area contributed by atoms with E-state index in [9.17, 15) is 24.6 Å². The van der Waals surface area contributed by atoms with Crippen molar-refractivity contribution in [2.24, 2.45) is 0 Å². The zero-order valence-electron chi connectivity index (χ0n) is 28.8. The Morgan fingerprint density at radius 1 is 1.06 bits per heavy atom. The van der Waals surface area contributed by atoms with E-state index in [0.717, 1.165) is 11.1 Å². The summed E-state index contributed by atoms with van der Waals surface area (Å²) in [6.07, 6.45) is 0.855. The highest BCUT2D eigenvalue weighted by atomic mass is 35.5. The number of methoxy groups -OCH3 is 1. The fourth-order valence-corrected chi connectivity index (χ4v) is 7.08. The number of halogens is 2. The number of aromatic nitrogens is 3. The van der Waals surface area contributed by atoms with Gasteiger partial charge in [-0.3, -0.25) is 14.0 Å². The Bertz CT molecular complexity index is 2230. The van der Waals surface area contributed by atoms with E-state index in [0.29, 0.717) is 74.3 Å². The summed E-state index contributed by atoms with van der Waals surface area (Å²) in [5.74, 6) is 0.168. The molecular weight excluding hydrogens is 707 g/mol. The molecule has 0 radical (unpaired) electrons. The van der Waals surface area contributed by atoms with Crippen molar-refractivity contribution in [1.82, 2.24) is 29.9 Å². The lowest BCUT2D eigenvalue weighted by Gasteiger charge is -2.23. The summed E-state index contributed by atoms with van der Waals surface area (Å²) < 4.78 is 7.15. The first-order chi connectivity index (χ1) is 24.9. The standard InChI is InChI=1S/C38H38Cl2N6O6/c1-21-14-24(15-32-42-18-25(37(49)46(21)32)17-41-16-22(2)47)27-6-4-7-28(34(27)39)29-8-5-9-30(35(29)40)31-12-10-23(36(44-31)52-3)19-45(38(50)51)20-26-11-13-33(48)43-26/h4-10,12,14-15,18,22,26,41,47H,11,13,16-17,19-20H2,1-3H3,(H,43,48)(H,50,51)/t22?,26-/m0/s1. The van der Waals surface area contributed by atoms with Gasteiger partial charge in [-0.15, -0.1) is 0 Å². The van der Waals surface area contributed by atoms with Crippen molar-refractivity contribution in [3.05, 3.63) is 104 Å². The Kier molecular flexibility index (Phi) is 11.1. The number of aliphatic hydroxyl groups is 1. The van der Waals surface area contributed by atoms with E-state index < -0.39 is 12.2 Å². The second kappa shape index (κ2) is 15.7. The second-order valence-corrected chi connectivity index (χ2v) is 13.6. The third kappa shape index (κ3) is 7.75. The molecule has 270 valence electrons. The maximum Gasteiger partial charge on any atom is 0.407 e. The molecule has 0 bridgehead atoms. The number of carbonyl (C=O) groups excluding carboxylic acids is 1. The summed E-state index contributed by atoms with van der Waals surface area (Å²) in [6, 6.07) is 18.2. The smallest absolute Gasteiger partial charge is 0.407 e. The lowest BCUT2D eigenvalue weighted by Crippen LogP contribution is -2.41. The van der Waals surface area contributed by atoms with Crippen LogP contribution in [-0.2, 0) is 17.9 Å². The van der Waals surface area contributed by atoms with Gasteiger partial charge >= 0.3 is 6.09 Å². The molecule has 2 aromatic carbocycles. The van der Waals surface area contributed by atoms with Gasteiger partial charge in [-0.05, 0) is 50.1 Å². The Morgan fingerprint density at radius 2 is 1.75 bits per heavy atom. The largest absolute Gasteiger partial charge is 0.481 e. The molecule has 14 heteroatoms. The SMILES string of the molecule is COc1nc(-c2cccc(-c3cccc(-c4cc(C)n5c(=O)c(CNCC(C)O)cnc5c4)c3Cl)c2Cl)ccc1CN(C[C@@H]1CCC(=O)N1)C(=O)O. The number of carbonyl (C=O) groups is 2. The molecule has 1 unspecified atom stereocenters. The van der Waals surface area contributed by atoms with Gasteiger partial charge in [0.2, 0.25) is 11.8 Å². The van der Waals surface area contributed by atoms with Crippen molar-refractivity contribution in [2.45, 2.75) is 51.9 Å². The van der Waals surface area contributed by atoms with Crippen molar-refractivity contribution < 1.29 is 24.5 Å². The molecule has 3 aromatic heterocycles. The van der Waals surface area contributed by atoms with Gasteiger partial charge in [0.15, 0.2) is 0 Å². The zero-order chi connectivity index (χ0) is 37.1. The average Bonchev–Trinajstić information content (AvgIpc) is 3.53. The molecular formula is C38H38Cl2N6O6. The number of amides is 2. The predicted molar refractivity (Wildman–Crippen MR) is 200 cm³/mol. The van der Waals surface area contributed by atoms with Gasteiger partial charge in [-0.25, -0.2) is 14.8 Å². The third-order valence-electron chi connectivity index (χ3n) is 8.98. The summed E-state index contributed by atoms with van der Waals surface area (Å²) >= 11 is 14.2. The fraction of sp³-hybridized carbons (Fsp3) is 0.289. The molecule has 1 aliphatic heterocycles. The maximum atomic E-state index is 13.3. The molecule has 6 rings (SSSR count). The van der Waals surface area contributed by atoms with Crippen molar-refractivity contribution in [3.63, 3.8) is 0 Å². The van der Waals surface area contributed by atoms with Crippen LogP contribution in [0.5, 0.6) is 5.88 Å². The molecule has 2 amide bonds. The van der Waals surface area contributed by atoms with Gasteiger partial charge in [0.1, 0.15) is 5.65 Å². The first-order valence-corrected chi connectivity index (χ1v) is 17.5. The highest BCUT2D eigenvalue weighted by Gasteiger charge is 2.26. The molecule has 1 fully saturated rings. The van der Waals surface area contributed by atoms with Crippen LogP contribution >= 0.6 is 23.2 Å². The highest BCUT2D eigenvalue weighted by Crippen LogP contribution is 2.42. The third-order valence-corrected chi connectivity index (χ3v) is 9.80. The summed E-state index contributed by atoms with van der Waals surface area (Å²) in [7, 11) is 1.47. The number of pyridine rings is 2. The van der Waals surface area contributed by atoms with E-state index in [1.165, 1.54) is 12.0 Å². The number of ether oxygens (including phenoxy) is 1. The summed E-state index contributed by atoms with van der Waals surface area (Å²) in [5, 5.41) is 26.2. The van der Waals surface area contributed by atoms with Crippen LogP contribution in [0.4, 0.5) is 4.79 Å². The lowest BCUT2D eigenvalue weighted by atomic mass is 9.96. The Balaban J connectivity index is 1.30. The predicted octanol–water partition coefficient (Wildman–Crippen LogP) is 5.94. The highest BCUT2D eigenvalue weighted by molar-refractivity contribution is 6.39. The molecule has 4 N–H and O–H groups in total. The van der Waals surface area contributed by atoms with Crippen LogP contribution in [-0.4, -0.2) is 73.8 Å². The molecule has 52 heavy (non-hydrogen) atoms. The fourth-order valence-electron chi connectivity index (χ4n) is 6.42. The minimum Gasteiger partial charge on any atom is -0.481 e. The van der Waals surface area contributed by atoms with Crippen molar-refractivity contribution in [2.75, 3.05) is 20.2 Å². The van der Waals surface area contributed by atoms with E-state index in [-0.39, 0.29) is 43.0 Å². The van der Waals surface area contributed by atoms with E-state index in [4.69, 9.17) is 32.9 Å². The summed E-state index contributed by atoms with van der Waals surface area (Å²) in [5.41, 5.74) is 6.03. The van der Waals surface area contributed by atoms with Crippen molar-refractivity contribution in [1.29, 1.82) is 0 Å². The molecule has 0 spiro atoms. The number of fused-ring (bicyclic) bond motifs is 1. The monoisotopic (exact) mass is 744 g/mol. The van der Waals surface area contributed by atoms with Gasteiger partial charge in [0, 0.05) is 71.8 Å². The first-order valence-electron chi connectivity index (χ1n) is 16.7. The molecule has 1 aliphatic rings. The first kappa shape index (κ1) is 36.8. The molecule has 1 saturated heterocycles. The number of carboxylic acid groups (broad SMARTS) is 1. The number of benzene rings is 2. The van der Waals surface area contributed by atoms with Crippen LogP contribution in [0.1, 0.15) is 36.6 Å². The molecule has 5 aromatic rings. The normalized spacial score (nSPS) is 14.7. The van der Waals surface area contributed by atoms with Gasteiger partial charge < -0.3 is 30.5 Å². The Labute approximate surface area is 310 Å². The Morgan fingerprint density at radius 3 is 2.40 bits per heavy atom. The number of rotatable bonds is 12. The van der Waals surface area contributed by atoms with Crippen LogP contribution in [0.15, 0.2) is 71.7 Å². The number of aliphatic hydroxyl groups excluding tert-OH is 1. The maximum absolute atomic E-state index is 13.3. The van der Waals surface area contributed by atoms with E-state index in [1.54, 1.807) is 29.7 Å². The van der Waals surface area contributed by atoms with E-state index in [1.807, 2.05) is 55.5 Å². The van der Waals surface area contributed by atoms with Crippen LogP contribution in [0, 0.1) is 6.92 Å². The Hall–Kier alpha value is -5.01. The van der Waals surface area contributed by atoms with Crippen molar-refractivity contribution in [3.8, 4) is 39.4 Å². The topological polar surface area (TPSA) is 158 Å². The van der Waals surface area contributed by atoms with Crippen LogP contribution < -0.4 is 20.9 Å². The number of hydrogen-bond donors (Lipinski definition) is 4. The average molecular weight is 746 g/mol. The second-order valence-electron chi connectivity index (χ2n) is 12.8. The van der Waals surface area contributed by atoms with Gasteiger partial charge in [0.25, 0.3) is 5.56 Å². The summed E-state index contributed by atoms with van der Waals surface area (Å²) in [4.78, 5) is 47.5. The van der Waals surface area contributed by atoms with Crippen LogP contribution in [0.25, 0.3) is 39.2 Å². The van der Waals surface area contributed by atoms with E-state index in [2.05, 4.69) is 15.6 Å². The lowest BCUT2D eigenvalue weighted by molar-refractivity contribution is -0.119. The quantitative estimate of drug-likeness (QED) is 0.121. The van der Waals surface area contributed by atoms with Crippen LogP contribution in [0.2, 0.25) is 10.0 Å². The number of nitrogens with zero attached hydrogens (tertiary/aromatic N) is 4. The molecule has 2 atom stereocenters. The van der Waals surface area contributed by atoms with Crippen molar-refractivity contribution >= 4 is 40.8 Å². The minimum absolute atomic E-state index is 0.0229. The number of nitrogens with one attached hydrogen (secondary N) is 2. The minimum atomic E-state index is -1.11. The zero-order valence-corrected chi connectivity index (χ0v) is 30.3. The molecule has 0 aliphatic carbocycles. The van der Waals surface area contributed by atoms with Crippen LogP contribution in [0.3, 0.4) is 0 Å². The van der Waals surface area contributed by atoms with Gasteiger partial charge in [-0.2, -0.15) is 0 Å². The molecule has 0 saturated carbocycles. The molecule has 12 nitrogen and oxygen atoms in total. The van der Waals surface area contributed by atoms with Gasteiger partial charge in [0.05, 0.1) is 41.1 Å². The molecule has 4 heterocycles. The van der Waals surface area contributed by atoms with E-state index >= 15 is 0 Å². The van der Waals surface area contributed by atoms with Gasteiger partial charge in [-0.1, -0.05) is 59.6 Å². The summed E-state index contributed by atoms with van der Waals surface area (Å²) in [6.45, 7) is 4.33. The number of hydrogen-bond acceptors (Lipinski definition) is 8.